The van der Waals surface area contributed by atoms with Crippen molar-refractivity contribution in [2.75, 3.05) is 7.11 Å². The summed E-state index contributed by atoms with van der Waals surface area (Å²) in [6.45, 7) is 4.12. The van der Waals surface area contributed by atoms with E-state index in [1.165, 1.54) is 7.11 Å². The van der Waals surface area contributed by atoms with Gasteiger partial charge in [-0.2, -0.15) is 0 Å². The lowest BCUT2D eigenvalue weighted by atomic mass is 9.98. The molecule has 0 saturated carbocycles. The second kappa shape index (κ2) is 5.45. The number of hydrogen-bond donors (Lipinski definition) is 0. The lowest BCUT2D eigenvalue weighted by molar-refractivity contribution is -0.139. The van der Waals surface area contributed by atoms with E-state index in [1.807, 2.05) is 18.2 Å². The zero-order chi connectivity index (χ0) is 12.1. The molecule has 0 saturated heterocycles. The molecular weight excluding hydrogens is 204 g/mol. The molecule has 0 fully saturated rings. The van der Waals surface area contributed by atoms with Crippen LogP contribution < -0.4 is 0 Å². The Morgan fingerprint density at radius 3 is 2.56 bits per heavy atom. The third kappa shape index (κ3) is 3.19. The fourth-order valence-corrected chi connectivity index (χ4v) is 1.38. The van der Waals surface area contributed by atoms with Crippen LogP contribution in [-0.2, 0) is 9.53 Å². The van der Waals surface area contributed by atoms with Crippen LogP contribution in [0.2, 0.25) is 0 Å². The average Bonchev–Trinajstić information content (AvgIpc) is 2.28. The molecule has 0 atom stereocenters. The van der Waals surface area contributed by atoms with Crippen LogP contribution in [0.15, 0.2) is 24.3 Å². The van der Waals surface area contributed by atoms with Crippen molar-refractivity contribution in [1.29, 1.82) is 0 Å². The lowest BCUT2D eigenvalue weighted by Crippen LogP contribution is -2.09. The van der Waals surface area contributed by atoms with Gasteiger partial charge in [0.25, 0.3) is 0 Å². The maximum absolute atomic E-state index is 11.7. The first-order valence-corrected chi connectivity index (χ1v) is 5.24. The highest BCUT2D eigenvalue weighted by atomic mass is 16.5. The van der Waals surface area contributed by atoms with E-state index in [0.717, 1.165) is 5.56 Å². The number of ether oxygens (including phenoxy) is 1. The number of ketones is 1. The van der Waals surface area contributed by atoms with Gasteiger partial charge in [0.2, 0.25) is 0 Å². The van der Waals surface area contributed by atoms with Crippen molar-refractivity contribution in [2.45, 2.75) is 26.2 Å². The summed E-state index contributed by atoms with van der Waals surface area (Å²) < 4.78 is 4.46. The topological polar surface area (TPSA) is 43.4 Å². The van der Waals surface area contributed by atoms with Gasteiger partial charge in [0.15, 0.2) is 5.78 Å². The molecule has 3 nitrogen and oxygen atoms in total. The van der Waals surface area contributed by atoms with Gasteiger partial charge in [0, 0.05) is 5.56 Å². The van der Waals surface area contributed by atoms with Gasteiger partial charge >= 0.3 is 5.97 Å². The highest BCUT2D eigenvalue weighted by molar-refractivity contribution is 6.05. The van der Waals surface area contributed by atoms with E-state index in [9.17, 15) is 9.59 Å². The molecule has 1 aromatic carbocycles. The minimum Gasteiger partial charge on any atom is -0.469 e. The first kappa shape index (κ1) is 12.4. The second-order valence-corrected chi connectivity index (χ2v) is 3.96. The average molecular weight is 220 g/mol. The van der Waals surface area contributed by atoms with Crippen LogP contribution in [0.3, 0.4) is 0 Å². The number of hydrogen-bond acceptors (Lipinski definition) is 3. The summed E-state index contributed by atoms with van der Waals surface area (Å²) in [6.07, 6.45) is -0.196. The van der Waals surface area contributed by atoms with E-state index in [2.05, 4.69) is 18.6 Å². The second-order valence-electron chi connectivity index (χ2n) is 3.96. The summed E-state index contributed by atoms with van der Waals surface area (Å²) in [7, 11) is 1.28. The van der Waals surface area contributed by atoms with Crippen molar-refractivity contribution in [3.05, 3.63) is 35.4 Å². The number of carbonyl (C=O) groups excluding carboxylic acids is 2. The van der Waals surface area contributed by atoms with Gasteiger partial charge in [0.1, 0.15) is 6.42 Å². The summed E-state index contributed by atoms with van der Waals surface area (Å²) in [5, 5.41) is 0. The number of rotatable bonds is 4. The predicted molar refractivity (Wildman–Crippen MR) is 61.5 cm³/mol. The van der Waals surface area contributed by atoms with E-state index >= 15 is 0 Å². The molecule has 86 valence electrons. The summed E-state index contributed by atoms with van der Waals surface area (Å²) in [5.74, 6) is -0.333. The van der Waals surface area contributed by atoms with Crippen LogP contribution in [0.4, 0.5) is 0 Å². The van der Waals surface area contributed by atoms with Crippen LogP contribution in [0.1, 0.15) is 42.1 Å². The van der Waals surface area contributed by atoms with E-state index in [0.29, 0.717) is 11.5 Å². The Morgan fingerprint density at radius 2 is 2.00 bits per heavy atom. The summed E-state index contributed by atoms with van der Waals surface area (Å²) >= 11 is 0. The molecule has 0 radical (unpaired) electrons. The zero-order valence-electron chi connectivity index (χ0n) is 9.82. The van der Waals surface area contributed by atoms with Crippen molar-refractivity contribution in [1.82, 2.24) is 0 Å². The zero-order valence-corrected chi connectivity index (χ0v) is 9.82. The predicted octanol–water partition coefficient (Wildman–Crippen LogP) is 2.56. The number of esters is 1. The van der Waals surface area contributed by atoms with Crippen LogP contribution in [0.5, 0.6) is 0 Å². The molecule has 0 heterocycles. The Hall–Kier alpha value is -1.64. The van der Waals surface area contributed by atoms with Gasteiger partial charge in [0.05, 0.1) is 7.11 Å². The van der Waals surface area contributed by atoms with E-state index < -0.39 is 5.97 Å². The quantitative estimate of drug-likeness (QED) is 0.445. The molecule has 3 heteroatoms. The monoisotopic (exact) mass is 220 g/mol. The SMILES string of the molecule is COC(=O)CC(=O)c1cccc(C(C)C)c1. The summed E-state index contributed by atoms with van der Waals surface area (Å²) in [4.78, 5) is 22.7. The van der Waals surface area contributed by atoms with Crippen molar-refractivity contribution in [2.24, 2.45) is 0 Å². The molecule has 1 rings (SSSR count). The highest BCUT2D eigenvalue weighted by Gasteiger charge is 2.12. The Balaban J connectivity index is 2.83. The van der Waals surface area contributed by atoms with Gasteiger partial charge in [-0.3, -0.25) is 9.59 Å². The smallest absolute Gasteiger partial charge is 0.313 e. The van der Waals surface area contributed by atoms with Crippen molar-refractivity contribution in [3.8, 4) is 0 Å². The third-order valence-corrected chi connectivity index (χ3v) is 2.41. The van der Waals surface area contributed by atoms with Gasteiger partial charge < -0.3 is 4.74 Å². The molecule has 1 aromatic rings. The number of Topliss-reactive ketones (excluding diaryl/α,β-unsaturated/α-hetero) is 1. The third-order valence-electron chi connectivity index (χ3n) is 2.41. The first-order valence-electron chi connectivity index (χ1n) is 5.24. The van der Waals surface area contributed by atoms with E-state index in [1.54, 1.807) is 6.07 Å². The largest absolute Gasteiger partial charge is 0.469 e. The Morgan fingerprint density at radius 1 is 1.31 bits per heavy atom. The number of methoxy groups -OCH3 is 1. The standard InChI is InChI=1S/C13H16O3/c1-9(2)10-5-4-6-11(7-10)12(14)8-13(15)16-3/h4-7,9H,8H2,1-3H3. The van der Waals surface area contributed by atoms with Crippen LogP contribution >= 0.6 is 0 Å². The summed E-state index contributed by atoms with van der Waals surface area (Å²) in [6, 6.07) is 7.35. The molecule has 0 aromatic heterocycles. The Labute approximate surface area is 95.4 Å². The van der Waals surface area contributed by atoms with Crippen LogP contribution in [-0.4, -0.2) is 18.9 Å². The molecular formula is C13H16O3. The molecule has 16 heavy (non-hydrogen) atoms. The van der Waals surface area contributed by atoms with E-state index in [-0.39, 0.29) is 12.2 Å². The molecule has 0 aliphatic heterocycles. The first-order chi connectivity index (χ1) is 7.54. The fraction of sp³-hybridized carbons (Fsp3) is 0.385. The molecule has 0 N–H and O–H groups in total. The van der Waals surface area contributed by atoms with E-state index in [4.69, 9.17) is 0 Å². The molecule has 0 spiro atoms. The van der Waals surface area contributed by atoms with Crippen molar-refractivity contribution < 1.29 is 14.3 Å². The molecule has 0 bridgehead atoms. The lowest BCUT2D eigenvalue weighted by Gasteiger charge is -2.07. The van der Waals surface area contributed by atoms with Crippen LogP contribution in [0.25, 0.3) is 0 Å². The van der Waals surface area contributed by atoms with Gasteiger partial charge in [-0.25, -0.2) is 0 Å². The minimum absolute atomic E-state index is 0.196. The van der Waals surface area contributed by atoms with Crippen molar-refractivity contribution in [3.63, 3.8) is 0 Å². The Kier molecular flexibility index (Phi) is 4.23. The van der Waals surface area contributed by atoms with Gasteiger partial charge in [-0.15, -0.1) is 0 Å². The van der Waals surface area contributed by atoms with Gasteiger partial charge in [-0.1, -0.05) is 32.0 Å². The number of carbonyl (C=O) groups is 2. The maximum atomic E-state index is 11.7. The Bertz CT molecular complexity index is 394. The molecule has 0 aliphatic rings. The molecule has 0 unspecified atom stereocenters. The number of benzene rings is 1. The molecule has 0 aliphatic carbocycles. The van der Waals surface area contributed by atoms with Gasteiger partial charge in [-0.05, 0) is 17.5 Å². The van der Waals surface area contributed by atoms with Crippen LogP contribution in [0, 0.1) is 0 Å². The normalized spacial score (nSPS) is 10.2. The minimum atomic E-state index is -0.500. The maximum Gasteiger partial charge on any atom is 0.313 e. The highest BCUT2D eigenvalue weighted by Crippen LogP contribution is 2.16. The summed E-state index contributed by atoms with van der Waals surface area (Å²) in [5.41, 5.74) is 1.66. The van der Waals surface area contributed by atoms with Crippen molar-refractivity contribution >= 4 is 11.8 Å². The molecule has 0 amide bonds. The fourth-order valence-electron chi connectivity index (χ4n) is 1.38.